The number of nitrogens with one attached hydrogen (secondary N) is 1. The zero-order valence-corrected chi connectivity index (χ0v) is 13.2. The summed E-state index contributed by atoms with van der Waals surface area (Å²) in [5, 5.41) is 9.57. The Balaban J connectivity index is 2.38. The van der Waals surface area contributed by atoms with Crippen molar-refractivity contribution in [3.8, 4) is 11.8 Å². The molecule has 2 aromatic carbocycles. The molecule has 3 nitrogen and oxygen atoms in total. The summed E-state index contributed by atoms with van der Waals surface area (Å²) in [7, 11) is 0. The van der Waals surface area contributed by atoms with Crippen LogP contribution in [-0.4, -0.2) is 9.55 Å². The number of hydrogen-bond acceptors (Lipinski definition) is 2. The quantitative estimate of drug-likeness (QED) is 0.619. The fourth-order valence-corrected chi connectivity index (χ4v) is 2.95. The van der Waals surface area contributed by atoms with Crippen molar-refractivity contribution in [2.24, 2.45) is 0 Å². The second-order valence-corrected chi connectivity index (χ2v) is 5.91. The number of hydrogen-bond donors (Lipinski definition) is 1. The third kappa shape index (κ3) is 2.16. The van der Waals surface area contributed by atoms with E-state index in [9.17, 15) is 0 Å². The number of aromatic nitrogens is 2. The van der Waals surface area contributed by atoms with Crippen LogP contribution >= 0.6 is 39.7 Å². The van der Waals surface area contributed by atoms with Gasteiger partial charge in [0.2, 0.25) is 0 Å². The standard InChI is InChI=1S/C14H7BrClN3S/c15-9-2-4-12-11(6-9)18-14(20)19(12)13-5-8(7-17)1-3-10(13)16/h1-6H,(H,18,20). The Bertz CT molecular complexity index is 920. The predicted octanol–water partition coefficient (Wildman–Crippen LogP) is 4.98. The minimum Gasteiger partial charge on any atom is -0.330 e. The van der Waals surface area contributed by atoms with E-state index in [1.165, 1.54) is 0 Å². The van der Waals surface area contributed by atoms with E-state index in [2.05, 4.69) is 27.0 Å². The molecule has 6 heteroatoms. The molecule has 3 aromatic rings. The number of rotatable bonds is 1. The van der Waals surface area contributed by atoms with Gasteiger partial charge in [-0.1, -0.05) is 27.5 Å². The smallest absolute Gasteiger partial charge is 0.182 e. The lowest BCUT2D eigenvalue weighted by atomic mass is 10.2. The molecule has 1 aromatic heterocycles. The minimum absolute atomic E-state index is 0.537. The monoisotopic (exact) mass is 363 g/mol. The van der Waals surface area contributed by atoms with Crippen LogP contribution in [0.15, 0.2) is 40.9 Å². The van der Waals surface area contributed by atoms with Crippen molar-refractivity contribution in [3.05, 3.63) is 56.2 Å². The van der Waals surface area contributed by atoms with Crippen LogP contribution in [0.4, 0.5) is 0 Å². The van der Waals surface area contributed by atoms with Gasteiger partial charge in [-0.25, -0.2) is 0 Å². The van der Waals surface area contributed by atoms with E-state index in [-0.39, 0.29) is 0 Å². The Hall–Kier alpha value is -1.61. The molecule has 0 radical (unpaired) electrons. The van der Waals surface area contributed by atoms with Gasteiger partial charge in [-0.3, -0.25) is 4.57 Å². The van der Waals surface area contributed by atoms with Crippen molar-refractivity contribution in [1.29, 1.82) is 5.26 Å². The SMILES string of the molecule is N#Cc1ccc(Cl)c(-n2c(=S)[nH]c3cc(Br)ccc32)c1. The molecule has 0 aliphatic carbocycles. The van der Waals surface area contributed by atoms with Crippen LogP contribution in [-0.2, 0) is 0 Å². The summed E-state index contributed by atoms with van der Waals surface area (Å²) in [6.45, 7) is 0. The van der Waals surface area contributed by atoms with Crippen LogP contribution < -0.4 is 0 Å². The summed E-state index contributed by atoms with van der Waals surface area (Å²) in [5.74, 6) is 0. The number of H-pyrrole nitrogens is 1. The number of benzene rings is 2. The molecule has 20 heavy (non-hydrogen) atoms. The molecule has 0 unspecified atom stereocenters. The number of nitriles is 1. The maximum atomic E-state index is 9.03. The molecule has 0 saturated carbocycles. The minimum atomic E-state index is 0.537. The van der Waals surface area contributed by atoms with Gasteiger partial charge in [-0.2, -0.15) is 5.26 Å². The van der Waals surface area contributed by atoms with Gasteiger partial charge in [0.25, 0.3) is 0 Å². The summed E-state index contributed by atoms with van der Waals surface area (Å²) in [5.41, 5.74) is 3.06. The lowest BCUT2D eigenvalue weighted by Crippen LogP contribution is -1.96. The predicted molar refractivity (Wildman–Crippen MR) is 85.9 cm³/mol. The molecular weight excluding hydrogens is 358 g/mol. The van der Waals surface area contributed by atoms with Gasteiger partial charge in [0.15, 0.2) is 4.77 Å². The van der Waals surface area contributed by atoms with Gasteiger partial charge < -0.3 is 4.98 Å². The molecule has 0 fully saturated rings. The second kappa shape index (κ2) is 5.06. The van der Waals surface area contributed by atoms with Crippen molar-refractivity contribution in [2.75, 3.05) is 0 Å². The Kier molecular flexibility index (Phi) is 3.38. The fourth-order valence-electron chi connectivity index (χ4n) is 2.08. The Morgan fingerprint density at radius 1 is 1.25 bits per heavy atom. The van der Waals surface area contributed by atoms with Crippen LogP contribution in [0.25, 0.3) is 16.7 Å². The first-order valence-electron chi connectivity index (χ1n) is 5.70. The fraction of sp³-hybridized carbons (Fsp3) is 0. The lowest BCUT2D eigenvalue weighted by Gasteiger charge is -2.07. The molecule has 0 amide bonds. The van der Waals surface area contributed by atoms with Crippen molar-refractivity contribution >= 4 is 50.8 Å². The van der Waals surface area contributed by atoms with E-state index in [1.54, 1.807) is 18.2 Å². The van der Waals surface area contributed by atoms with Crippen LogP contribution in [0.5, 0.6) is 0 Å². The number of fused-ring (bicyclic) bond motifs is 1. The molecule has 1 heterocycles. The van der Waals surface area contributed by atoms with Crippen LogP contribution in [0, 0.1) is 16.1 Å². The largest absolute Gasteiger partial charge is 0.330 e. The summed E-state index contributed by atoms with van der Waals surface area (Å²) in [6, 6.07) is 13.1. The number of halogens is 2. The first kappa shape index (κ1) is 13.4. The Labute approximate surface area is 133 Å². The average molecular weight is 365 g/mol. The third-order valence-corrected chi connectivity index (χ3v) is 4.06. The van der Waals surface area contributed by atoms with Gasteiger partial charge >= 0.3 is 0 Å². The normalized spacial score (nSPS) is 10.7. The molecule has 98 valence electrons. The second-order valence-electron chi connectivity index (χ2n) is 4.21. The topological polar surface area (TPSA) is 44.5 Å². The molecule has 1 N–H and O–H groups in total. The zero-order valence-electron chi connectivity index (χ0n) is 10.0. The highest BCUT2D eigenvalue weighted by atomic mass is 79.9. The van der Waals surface area contributed by atoms with Gasteiger partial charge in [0.1, 0.15) is 0 Å². The highest BCUT2D eigenvalue weighted by Crippen LogP contribution is 2.27. The van der Waals surface area contributed by atoms with Crippen molar-refractivity contribution in [1.82, 2.24) is 9.55 Å². The molecule has 0 atom stereocenters. The van der Waals surface area contributed by atoms with Gasteiger partial charge in [0, 0.05) is 4.47 Å². The highest BCUT2D eigenvalue weighted by Gasteiger charge is 2.10. The molecule has 0 aliphatic rings. The van der Waals surface area contributed by atoms with E-state index in [0.717, 1.165) is 15.5 Å². The third-order valence-electron chi connectivity index (χ3n) is 2.96. The first-order chi connectivity index (χ1) is 9.60. The number of nitrogens with zero attached hydrogens (tertiary/aromatic N) is 2. The maximum absolute atomic E-state index is 9.03. The number of aromatic amines is 1. The zero-order chi connectivity index (χ0) is 14.3. The molecule has 3 rings (SSSR count). The lowest BCUT2D eigenvalue weighted by molar-refractivity contribution is 1.06. The molecule has 0 aliphatic heterocycles. The summed E-state index contributed by atoms with van der Waals surface area (Å²) < 4.78 is 3.33. The van der Waals surface area contributed by atoms with E-state index in [0.29, 0.717) is 21.0 Å². The number of imidazole rings is 1. The highest BCUT2D eigenvalue weighted by molar-refractivity contribution is 9.10. The van der Waals surface area contributed by atoms with Gasteiger partial charge in [0.05, 0.1) is 33.4 Å². The molecule has 0 spiro atoms. The Morgan fingerprint density at radius 2 is 2.05 bits per heavy atom. The summed E-state index contributed by atoms with van der Waals surface area (Å²) in [6.07, 6.45) is 0. The van der Waals surface area contributed by atoms with E-state index < -0.39 is 0 Å². The maximum Gasteiger partial charge on any atom is 0.182 e. The van der Waals surface area contributed by atoms with E-state index in [4.69, 9.17) is 29.1 Å². The molecular formula is C14H7BrClN3S. The van der Waals surface area contributed by atoms with Crippen LogP contribution in [0.2, 0.25) is 5.02 Å². The van der Waals surface area contributed by atoms with Crippen molar-refractivity contribution < 1.29 is 0 Å². The van der Waals surface area contributed by atoms with Crippen LogP contribution in [0.3, 0.4) is 0 Å². The average Bonchev–Trinajstić information content (AvgIpc) is 2.74. The summed E-state index contributed by atoms with van der Waals surface area (Å²) >= 11 is 15.0. The van der Waals surface area contributed by atoms with Crippen molar-refractivity contribution in [2.45, 2.75) is 0 Å². The van der Waals surface area contributed by atoms with E-state index in [1.807, 2.05) is 22.8 Å². The summed E-state index contributed by atoms with van der Waals surface area (Å²) in [4.78, 5) is 3.14. The van der Waals surface area contributed by atoms with Gasteiger partial charge in [-0.15, -0.1) is 0 Å². The Morgan fingerprint density at radius 3 is 2.80 bits per heavy atom. The molecule has 0 saturated heterocycles. The van der Waals surface area contributed by atoms with Crippen LogP contribution in [0.1, 0.15) is 5.56 Å². The van der Waals surface area contributed by atoms with E-state index >= 15 is 0 Å². The van der Waals surface area contributed by atoms with Crippen molar-refractivity contribution in [3.63, 3.8) is 0 Å². The first-order valence-corrected chi connectivity index (χ1v) is 7.28. The molecule has 0 bridgehead atoms. The van der Waals surface area contributed by atoms with Gasteiger partial charge in [-0.05, 0) is 48.6 Å².